The topological polar surface area (TPSA) is 38.3 Å². The van der Waals surface area contributed by atoms with Gasteiger partial charge in [0, 0.05) is 12.4 Å². The number of ether oxygens (including phenoxy) is 1. The lowest BCUT2D eigenvalue weighted by Gasteiger charge is -2.10. The van der Waals surface area contributed by atoms with Gasteiger partial charge in [0.1, 0.15) is 5.75 Å². The first-order valence-electron chi connectivity index (χ1n) is 6.35. The minimum Gasteiger partial charge on any atom is -0.493 e. The molecule has 0 unspecified atom stereocenters. The zero-order valence-electron chi connectivity index (χ0n) is 10.7. The summed E-state index contributed by atoms with van der Waals surface area (Å²) >= 11 is 5.59. The van der Waals surface area contributed by atoms with Crippen molar-refractivity contribution in [3.05, 3.63) is 29.8 Å². The van der Waals surface area contributed by atoms with Crippen molar-refractivity contribution in [3.8, 4) is 5.75 Å². The Hall–Kier alpha value is -1.22. The van der Waals surface area contributed by atoms with Crippen molar-refractivity contribution < 1.29 is 9.53 Å². The van der Waals surface area contributed by atoms with E-state index in [0.717, 1.165) is 19.3 Å². The van der Waals surface area contributed by atoms with E-state index in [1.54, 1.807) is 6.07 Å². The summed E-state index contributed by atoms with van der Waals surface area (Å²) in [5, 5.41) is 2.89. The molecule has 0 aliphatic rings. The van der Waals surface area contributed by atoms with Crippen molar-refractivity contribution in [2.45, 2.75) is 26.2 Å². The van der Waals surface area contributed by atoms with Crippen molar-refractivity contribution in [1.82, 2.24) is 5.32 Å². The molecule has 18 heavy (non-hydrogen) atoms. The van der Waals surface area contributed by atoms with E-state index >= 15 is 0 Å². The Balaban J connectivity index is 2.45. The summed E-state index contributed by atoms with van der Waals surface area (Å²) < 4.78 is 5.42. The number of halogens is 1. The van der Waals surface area contributed by atoms with Crippen LogP contribution >= 0.6 is 11.6 Å². The Morgan fingerprint density at radius 2 is 2.06 bits per heavy atom. The van der Waals surface area contributed by atoms with E-state index in [4.69, 9.17) is 16.3 Å². The molecule has 0 bridgehead atoms. The SMILES string of the molecule is CCOc1ccccc1C(=O)NCCCCCCl. The molecular weight excluding hydrogens is 250 g/mol. The molecule has 0 saturated heterocycles. The van der Waals surface area contributed by atoms with Crippen molar-refractivity contribution in [3.63, 3.8) is 0 Å². The smallest absolute Gasteiger partial charge is 0.255 e. The summed E-state index contributed by atoms with van der Waals surface area (Å²) in [6, 6.07) is 7.29. The second-order valence-electron chi connectivity index (χ2n) is 3.93. The zero-order chi connectivity index (χ0) is 13.2. The van der Waals surface area contributed by atoms with Crippen LogP contribution in [-0.2, 0) is 0 Å². The number of carbonyl (C=O) groups excluding carboxylic acids is 1. The van der Waals surface area contributed by atoms with Crippen LogP contribution in [0.2, 0.25) is 0 Å². The van der Waals surface area contributed by atoms with E-state index < -0.39 is 0 Å². The standard InChI is InChI=1S/C14H20ClNO2/c1-2-18-13-9-5-4-8-12(13)14(17)16-11-7-3-6-10-15/h4-5,8-9H,2-3,6-7,10-11H2,1H3,(H,16,17). The number of benzene rings is 1. The van der Waals surface area contributed by atoms with Crippen LogP contribution in [0.15, 0.2) is 24.3 Å². The molecule has 0 spiro atoms. The molecule has 1 aromatic carbocycles. The maximum absolute atomic E-state index is 12.0. The Bertz CT molecular complexity index is 369. The molecule has 0 saturated carbocycles. The van der Waals surface area contributed by atoms with Crippen LogP contribution in [0.1, 0.15) is 36.5 Å². The number of unbranched alkanes of at least 4 members (excludes halogenated alkanes) is 2. The molecule has 100 valence electrons. The maximum atomic E-state index is 12.0. The number of alkyl halides is 1. The van der Waals surface area contributed by atoms with E-state index in [1.165, 1.54) is 0 Å². The van der Waals surface area contributed by atoms with Gasteiger partial charge in [-0.2, -0.15) is 0 Å². The molecule has 1 amide bonds. The molecular formula is C14H20ClNO2. The molecule has 0 radical (unpaired) electrons. The molecule has 1 rings (SSSR count). The number of nitrogens with one attached hydrogen (secondary N) is 1. The molecule has 3 nitrogen and oxygen atoms in total. The predicted molar refractivity (Wildman–Crippen MR) is 74.5 cm³/mol. The molecule has 0 atom stereocenters. The summed E-state index contributed by atoms with van der Waals surface area (Å²) in [4.78, 5) is 12.0. The van der Waals surface area contributed by atoms with Gasteiger partial charge in [-0.1, -0.05) is 18.6 Å². The first kappa shape index (κ1) is 14.8. The second kappa shape index (κ2) is 8.81. The van der Waals surface area contributed by atoms with Crippen LogP contribution in [0.25, 0.3) is 0 Å². The van der Waals surface area contributed by atoms with Gasteiger partial charge >= 0.3 is 0 Å². The highest BCUT2D eigenvalue weighted by molar-refractivity contribution is 6.17. The fourth-order valence-corrected chi connectivity index (χ4v) is 1.82. The van der Waals surface area contributed by atoms with Gasteiger partial charge in [-0.3, -0.25) is 4.79 Å². The number of amides is 1. The molecule has 0 aromatic heterocycles. The third kappa shape index (κ3) is 4.96. The lowest BCUT2D eigenvalue weighted by Crippen LogP contribution is -2.25. The van der Waals surface area contributed by atoms with Gasteiger partial charge in [-0.15, -0.1) is 11.6 Å². The molecule has 1 aromatic rings. The Morgan fingerprint density at radius 3 is 2.78 bits per heavy atom. The summed E-state index contributed by atoms with van der Waals surface area (Å²) in [7, 11) is 0. The summed E-state index contributed by atoms with van der Waals surface area (Å²) in [6.07, 6.45) is 2.99. The average molecular weight is 270 g/mol. The van der Waals surface area contributed by atoms with Gasteiger partial charge in [0.25, 0.3) is 5.91 Å². The number of hydrogen-bond acceptors (Lipinski definition) is 2. The highest BCUT2D eigenvalue weighted by Crippen LogP contribution is 2.17. The fraction of sp³-hybridized carbons (Fsp3) is 0.500. The molecule has 4 heteroatoms. The van der Waals surface area contributed by atoms with E-state index in [2.05, 4.69) is 5.32 Å². The maximum Gasteiger partial charge on any atom is 0.255 e. The van der Waals surface area contributed by atoms with Crippen molar-refractivity contribution in [1.29, 1.82) is 0 Å². The predicted octanol–water partition coefficient (Wildman–Crippen LogP) is 3.22. The van der Waals surface area contributed by atoms with E-state index in [1.807, 2.05) is 25.1 Å². The third-order valence-corrected chi connectivity index (χ3v) is 2.79. The van der Waals surface area contributed by atoms with Gasteiger partial charge in [-0.05, 0) is 31.9 Å². The van der Waals surface area contributed by atoms with Crippen LogP contribution in [0.4, 0.5) is 0 Å². The van der Waals surface area contributed by atoms with Gasteiger partial charge in [-0.25, -0.2) is 0 Å². The van der Waals surface area contributed by atoms with Crippen LogP contribution in [-0.4, -0.2) is 24.9 Å². The highest BCUT2D eigenvalue weighted by Gasteiger charge is 2.10. The Labute approximate surface area is 113 Å². The number of hydrogen-bond donors (Lipinski definition) is 1. The van der Waals surface area contributed by atoms with Crippen LogP contribution in [0.3, 0.4) is 0 Å². The highest BCUT2D eigenvalue weighted by atomic mass is 35.5. The van der Waals surface area contributed by atoms with Crippen LogP contribution in [0, 0.1) is 0 Å². The lowest BCUT2D eigenvalue weighted by atomic mass is 10.2. The summed E-state index contributed by atoms with van der Waals surface area (Å²) in [6.45, 7) is 3.14. The van der Waals surface area contributed by atoms with Crippen molar-refractivity contribution >= 4 is 17.5 Å². The first-order valence-corrected chi connectivity index (χ1v) is 6.89. The molecule has 1 N–H and O–H groups in total. The largest absolute Gasteiger partial charge is 0.493 e. The van der Waals surface area contributed by atoms with Gasteiger partial charge in [0.15, 0.2) is 0 Å². The number of para-hydroxylation sites is 1. The molecule has 0 fully saturated rings. The molecule has 0 aliphatic heterocycles. The number of rotatable bonds is 8. The molecule has 0 heterocycles. The minimum absolute atomic E-state index is 0.0788. The van der Waals surface area contributed by atoms with Crippen LogP contribution < -0.4 is 10.1 Å². The van der Waals surface area contributed by atoms with Crippen molar-refractivity contribution in [2.75, 3.05) is 19.0 Å². The van der Waals surface area contributed by atoms with E-state index in [9.17, 15) is 4.79 Å². The monoisotopic (exact) mass is 269 g/mol. The zero-order valence-corrected chi connectivity index (χ0v) is 11.5. The van der Waals surface area contributed by atoms with E-state index in [-0.39, 0.29) is 5.91 Å². The number of carbonyl (C=O) groups is 1. The van der Waals surface area contributed by atoms with Crippen molar-refractivity contribution in [2.24, 2.45) is 0 Å². The Morgan fingerprint density at radius 1 is 1.28 bits per heavy atom. The third-order valence-electron chi connectivity index (χ3n) is 2.53. The first-order chi connectivity index (χ1) is 8.79. The normalized spacial score (nSPS) is 10.1. The fourth-order valence-electron chi connectivity index (χ4n) is 1.63. The van der Waals surface area contributed by atoms with Crippen LogP contribution in [0.5, 0.6) is 5.75 Å². The quantitative estimate of drug-likeness (QED) is 0.581. The van der Waals surface area contributed by atoms with E-state index in [0.29, 0.717) is 30.3 Å². The van der Waals surface area contributed by atoms with Gasteiger partial charge in [0.05, 0.1) is 12.2 Å². The Kier molecular flexibility index (Phi) is 7.26. The van der Waals surface area contributed by atoms with Gasteiger partial charge in [0.2, 0.25) is 0 Å². The minimum atomic E-state index is -0.0788. The summed E-state index contributed by atoms with van der Waals surface area (Å²) in [5.41, 5.74) is 0.594. The average Bonchev–Trinajstić information content (AvgIpc) is 2.39. The summed E-state index contributed by atoms with van der Waals surface area (Å²) in [5.74, 6) is 1.24. The lowest BCUT2D eigenvalue weighted by molar-refractivity contribution is 0.0949. The second-order valence-corrected chi connectivity index (χ2v) is 4.31. The van der Waals surface area contributed by atoms with Gasteiger partial charge < -0.3 is 10.1 Å². The molecule has 0 aliphatic carbocycles.